The molecule has 1 heterocycles. The Morgan fingerprint density at radius 1 is 1.07 bits per heavy atom. The second-order valence-electron chi connectivity index (χ2n) is 6.14. The van der Waals surface area contributed by atoms with Crippen molar-refractivity contribution in [3.8, 4) is 5.75 Å². The molecule has 9 heteroatoms. The molecule has 0 bridgehead atoms. The van der Waals surface area contributed by atoms with Crippen molar-refractivity contribution in [2.45, 2.75) is 11.4 Å². The highest BCUT2D eigenvalue weighted by atomic mass is 35.5. The summed E-state index contributed by atoms with van der Waals surface area (Å²) in [5.41, 5.74) is 1.34. The van der Waals surface area contributed by atoms with Gasteiger partial charge in [0.1, 0.15) is 11.4 Å². The summed E-state index contributed by atoms with van der Waals surface area (Å²) in [7, 11) is -4.71. The van der Waals surface area contributed by atoms with E-state index in [1.807, 2.05) is 0 Å². The third-order valence-electron chi connectivity index (χ3n) is 3.90. The molecule has 3 rings (SSSR count). The number of hydrogen-bond donors (Lipinski definition) is 1. The number of carbonyl (C=O) groups excluding carboxylic acids is 1. The molecule has 0 atom stereocenters. The zero-order chi connectivity index (χ0) is 20.9. The standard InChI is InChI=1S/C20H16ClFN2O4S/c21-16-5-7-18(8-6-16)28-14-20(25)23-17-2-1-11-24(13-17)12-15-3-9-19(10-4-15)29(22,26)27/h1-11,13H,12,14H2/p+1. The van der Waals surface area contributed by atoms with Gasteiger partial charge in [0, 0.05) is 16.7 Å². The molecule has 0 saturated carbocycles. The zero-order valence-electron chi connectivity index (χ0n) is 15.1. The third-order valence-corrected chi connectivity index (χ3v) is 4.98. The van der Waals surface area contributed by atoms with Crippen LogP contribution in [0.3, 0.4) is 0 Å². The molecule has 1 N–H and O–H groups in total. The van der Waals surface area contributed by atoms with Gasteiger partial charge < -0.3 is 10.1 Å². The highest BCUT2D eigenvalue weighted by molar-refractivity contribution is 7.86. The predicted octanol–water partition coefficient (Wildman–Crippen LogP) is 3.35. The molecule has 3 aromatic rings. The number of hydrogen-bond acceptors (Lipinski definition) is 4. The van der Waals surface area contributed by atoms with Gasteiger partial charge in [-0.2, -0.15) is 13.0 Å². The van der Waals surface area contributed by atoms with Crippen molar-refractivity contribution < 1.29 is 26.4 Å². The van der Waals surface area contributed by atoms with Crippen molar-refractivity contribution in [1.29, 1.82) is 0 Å². The van der Waals surface area contributed by atoms with Gasteiger partial charge in [0.05, 0.1) is 4.90 Å². The summed E-state index contributed by atoms with van der Waals surface area (Å²) < 4.78 is 41.9. The quantitative estimate of drug-likeness (QED) is 0.456. The van der Waals surface area contributed by atoms with E-state index in [0.29, 0.717) is 23.0 Å². The van der Waals surface area contributed by atoms with Gasteiger partial charge in [0.2, 0.25) is 0 Å². The number of benzene rings is 2. The Morgan fingerprint density at radius 2 is 1.76 bits per heavy atom. The first kappa shape index (κ1) is 20.8. The number of rotatable bonds is 7. The minimum Gasteiger partial charge on any atom is -0.484 e. The number of pyridine rings is 1. The smallest absolute Gasteiger partial charge is 0.332 e. The first-order valence-corrected chi connectivity index (χ1v) is 10.3. The zero-order valence-corrected chi connectivity index (χ0v) is 16.7. The number of nitrogens with one attached hydrogen (secondary N) is 1. The largest absolute Gasteiger partial charge is 0.484 e. The van der Waals surface area contributed by atoms with Crippen molar-refractivity contribution in [3.05, 3.63) is 83.6 Å². The SMILES string of the molecule is O=C(COc1ccc(Cl)cc1)Nc1ccc[n+](Cc2ccc(S(=O)(=O)F)cc2)c1. The molecule has 0 aliphatic carbocycles. The Labute approximate surface area is 172 Å². The lowest BCUT2D eigenvalue weighted by molar-refractivity contribution is -0.687. The van der Waals surface area contributed by atoms with E-state index in [1.54, 1.807) is 53.4 Å². The van der Waals surface area contributed by atoms with Crippen LogP contribution in [0.4, 0.5) is 9.57 Å². The summed E-state index contributed by atoms with van der Waals surface area (Å²) >= 11 is 5.80. The van der Waals surface area contributed by atoms with E-state index in [2.05, 4.69) is 5.32 Å². The van der Waals surface area contributed by atoms with E-state index in [-0.39, 0.29) is 17.4 Å². The molecule has 1 amide bonds. The van der Waals surface area contributed by atoms with Crippen LogP contribution in [0.15, 0.2) is 78.0 Å². The van der Waals surface area contributed by atoms with Crippen LogP contribution < -0.4 is 14.6 Å². The molecular formula is C20H17ClFN2O4S+. The van der Waals surface area contributed by atoms with Gasteiger partial charge in [0.25, 0.3) is 5.91 Å². The van der Waals surface area contributed by atoms with Crippen LogP contribution in [0, 0.1) is 0 Å². The van der Waals surface area contributed by atoms with Crippen molar-refractivity contribution in [3.63, 3.8) is 0 Å². The summed E-state index contributed by atoms with van der Waals surface area (Å²) in [6.07, 6.45) is 3.51. The number of aromatic nitrogens is 1. The molecular weight excluding hydrogens is 419 g/mol. The first-order valence-electron chi connectivity index (χ1n) is 8.50. The number of nitrogens with zero attached hydrogens (tertiary/aromatic N) is 1. The Morgan fingerprint density at radius 3 is 2.41 bits per heavy atom. The fourth-order valence-corrected chi connectivity index (χ4v) is 3.13. The second kappa shape index (κ2) is 9.02. The number of halogens is 2. The molecule has 0 fully saturated rings. The summed E-state index contributed by atoms with van der Waals surface area (Å²) in [6.45, 7) is 0.257. The lowest BCUT2D eigenvalue weighted by Crippen LogP contribution is -2.34. The Hall–Kier alpha value is -2.97. The van der Waals surface area contributed by atoms with Gasteiger partial charge in [-0.15, -0.1) is 3.89 Å². The molecule has 0 unspecified atom stereocenters. The molecule has 6 nitrogen and oxygen atoms in total. The highest BCUT2D eigenvalue weighted by Gasteiger charge is 2.12. The summed E-state index contributed by atoms with van der Waals surface area (Å²) in [5.74, 6) is 0.210. The van der Waals surface area contributed by atoms with Crippen LogP contribution in [-0.4, -0.2) is 20.9 Å². The van der Waals surface area contributed by atoms with Crippen LogP contribution in [0.1, 0.15) is 5.56 Å². The van der Waals surface area contributed by atoms with Gasteiger partial charge in [-0.1, -0.05) is 23.7 Å². The van der Waals surface area contributed by atoms with Crippen molar-refractivity contribution >= 4 is 33.4 Å². The fraction of sp³-hybridized carbons (Fsp3) is 0.100. The Bertz CT molecular complexity index is 1100. The van der Waals surface area contributed by atoms with Gasteiger partial charge in [-0.05, 0) is 42.5 Å². The van der Waals surface area contributed by atoms with Crippen LogP contribution in [-0.2, 0) is 21.6 Å². The summed E-state index contributed by atoms with van der Waals surface area (Å²) in [5, 5.41) is 3.32. The average molecular weight is 436 g/mol. The minimum atomic E-state index is -4.71. The molecule has 0 aliphatic rings. The maximum absolute atomic E-state index is 13.0. The second-order valence-corrected chi connectivity index (χ2v) is 7.92. The van der Waals surface area contributed by atoms with E-state index in [1.165, 1.54) is 24.3 Å². The molecule has 0 spiro atoms. The molecule has 29 heavy (non-hydrogen) atoms. The third kappa shape index (κ3) is 6.27. The van der Waals surface area contributed by atoms with E-state index < -0.39 is 10.2 Å². The molecule has 1 aromatic heterocycles. The lowest BCUT2D eigenvalue weighted by atomic mass is 10.2. The van der Waals surface area contributed by atoms with Gasteiger partial charge in [-0.3, -0.25) is 4.79 Å². The normalized spacial score (nSPS) is 11.1. The monoisotopic (exact) mass is 435 g/mol. The number of ether oxygens (including phenoxy) is 1. The molecule has 2 aromatic carbocycles. The predicted molar refractivity (Wildman–Crippen MR) is 106 cm³/mol. The highest BCUT2D eigenvalue weighted by Crippen LogP contribution is 2.16. The summed E-state index contributed by atoms with van der Waals surface area (Å²) in [4.78, 5) is 11.7. The fourth-order valence-electron chi connectivity index (χ4n) is 2.54. The Balaban J connectivity index is 1.58. The van der Waals surface area contributed by atoms with Crippen LogP contribution in [0.2, 0.25) is 5.02 Å². The Kier molecular flexibility index (Phi) is 6.46. The van der Waals surface area contributed by atoms with E-state index in [9.17, 15) is 17.1 Å². The van der Waals surface area contributed by atoms with Gasteiger partial charge in [-0.25, -0.2) is 0 Å². The molecule has 0 saturated heterocycles. The number of anilines is 1. The van der Waals surface area contributed by atoms with E-state index in [4.69, 9.17) is 16.3 Å². The van der Waals surface area contributed by atoms with Crippen molar-refractivity contribution in [1.82, 2.24) is 0 Å². The first-order chi connectivity index (χ1) is 13.8. The van der Waals surface area contributed by atoms with Gasteiger partial charge >= 0.3 is 10.2 Å². The minimum absolute atomic E-state index is 0.157. The lowest BCUT2D eigenvalue weighted by Gasteiger charge is -2.07. The van der Waals surface area contributed by atoms with E-state index >= 15 is 0 Å². The van der Waals surface area contributed by atoms with Crippen LogP contribution in [0.5, 0.6) is 5.75 Å². The number of carbonyl (C=O) groups is 1. The summed E-state index contributed by atoms with van der Waals surface area (Å²) in [6, 6.07) is 15.7. The maximum Gasteiger partial charge on any atom is 0.332 e. The maximum atomic E-state index is 13.0. The van der Waals surface area contributed by atoms with Gasteiger partial charge in [0.15, 0.2) is 25.5 Å². The average Bonchev–Trinajstić information content (AvgIpc) is 2.67. The molecule has 0 aliphatic heterocycles. The van der Waals surface area contributed by atoms with Crippen molar-refractivity contribution in [2.75, 3.05) is 11.9 Å². The van der Waals surface area contributed by atoms with E-state index in [0.717, 1.165) is 5.56 Å². The molecule has 0 radical (unpaired) electrons. The van der Waals surface area contributed by atoms with Crippen LogP contribution in [0.25, 0.3) is 0 Å². The van der Waals surface area contributed by atoms with Crippen molar-refractivity contribution in [2.24, 2.45) is 0 Å². The number of amides is 1. The van der Waals surface area contributed by atoms with Crippen LogP contribution >= 0.6 is 11.6 Å². The topological polar surface area (TPSA) is 76.3 Å². The molecule has 150 valence electrons.